The van der Waals surface area contributed by atoms with E-state index in [2.05, 4.69) is 0 Å². The van der Waals surface area contributed by atoms with Gasteiger partial charge in [-0.25, -0.2) is 0 Å². The van der Waals surface area contributed by atoms with Crippen molar-refractivity contribution in [1.29, 1.82) is 0 Å². The molecule has 48 nitrogen and oxygen atoms in total. The number of thioether (sulfide) groups is 8. The molecule has 736 valence electrons. The van der Waals surface area contributed by atoms with E-state index in [0.717, 1.165) is 94.1 Å². The maximum Gasteiger partial charge on any atom is 0.187 e. The van der Waals surface area contributed by atoms with Gasteiger partial charge in [-0.1, -0.05) is 0 Å². The van der Waals surface area contributed by atoms with Crippen LogP contribution in [0.3, 0.4) is 0 Å². The van der Waals surface area contributed by atoms with Crippen LogP contribution < -0.4 is 40.9 Å². The van der Waals surface area contributed by atoms with Crippen molar-refractivity contribution in [3.8, 4) is 0 Å². The molecule has 0 aliphatic carbocycles. The molecule has 56 heteroatoms. The number of carbonyl (C=O) groups is 8. The number of rotatable bonds is 40. The van der Waals surface area contributed by atoms with Gasteiger partial charge in [0.2, 0.25) is 0 Å². The molecule has 30 rings (SSSR count). The number of hydrogen-bond donors (Lipinski definition) is 16. The van der Waals surface area contributed by atoms with Crippen LogP contribution in [0.4, 0.5) is 0 Å². The lowest BCUT2D eigenvalue weighted by Gasteiger charge is -2.51. The molecule has 16 N–H and O–H groups in total. The Morgan fingerprint density at radius 3 is 0.344 bits per heavy atom. The molecule has 40 atom stereocenters. The van der Waals surface area contributed by atoms with Crippen molar-refractivity contribution in [3.63, 3.8) is 0 Å². The number of aliphatic hydroxyl groups excluding tert-OH is 16. The molecule has 30 fully saturated rings. The number of hydrogen-bond acceptors (Lipinski definition) is 56. The van der Waals surface area contributed by atoms with E-state index in [9.17, 15) is 161 Å². The Hall–Kier alpha value is -2.72. The Bertz CT molecular complexity index is 2830. The molecule has 30 aliphatic heterocycles. The molecule has 30 saturated heterocycles. The van der Waals surface area contributed by atoms with E-state index in [-0.39, 0.29) is 46.0 Å². The fourth-order valence-electron chi connectivity index (χ4n) is 14.6. The van der Waals surface area contributed by atoms with Crippen LogP contribution in [0.1, 0.15) is 51.4 Å². The van der Waals surface area contributed by atoms with Crippen molar-refractivity contribution in [2.24, 2.45) is 0 Å². The topological polar surface area (TPSA) is 792 Å². The molecular formula is C72H104O48S8-8. The summed E-state index contributed by atoms with van der Waals surface area (Å²) in [4.78, 5) is 93.3. The largest absolute Gasteiger partial charge is 0.550 e. The van der Waals surface area contributed by atoms with Crippen molar-refractivity contribution in [3.05, 3.63) is 0 Å². The zero-order valence-electron chi connectivity index (χ0n) is 67.5. The Kier molecular flexibility index (Phi) is 44.9. The van der Waals surface area contributed by atoms with Crippen LogP contribution in [-0.2, 0) is 114 Å². The van der Waals surface area contributed by atoms with Gasteiger partial charge in [-0.05, 0) is 97.4 Å². The minimum absolute atomic E-state index is 0.240. The molecule has 0 radical (unpaired) electrons. The van der Waals surface area contributed by atoms with E-state index >= 15 is 0 Å². The van der Waals surface area contributed by atoms with Gasteiger partial charge in [0.1, 0.15) is 146 Å². The van der Waals surface area contributed by atoms with E-state index in [4.69, 9.17) is 75.8 Å². The fourth-order valence-corrected chi connectivity index (χ4v) is 22.5. The molecule has 16 bridgehead atoms. The van der Waals surface area contributed by atoms with Gasteiger partial charge in [0.25, 0.3) is 0 Å². The van der Waals surface area contributed by atoms with Crippen molar-refractivity contribution >= 4 is 142 Å². The molecule has 0 aromatic heterocycles. The quantitative estimate of drug-likeness (QED) is 0.0253. The lowest BCUT2D eigenvalue weighted by molar-refractivity contribution is -0.396. The first-order valence-electron chi connectivity index (χ1n) is 40.3. The monoisotopic (exact) mass is 1990 g/mol. The second-order valence-electron chi connectivity index (χ2n) is 30.6. The Balaban J connectivity index is 1.12. The average molecular weight is 1990 g/mol. The van der Waals surface area contributed by atoms with Gasteiger partial charge in [0.05, 0.1) is 48.8 Å². The molecule has 0 aromatic carbocycles. The SMILES string of the molecule is O=C([O-])CCSC[C@H]1O[C@@H]2O[C@H]3[C@H](O)[C@@H](O)[C@@H](O[C@H]4[C@H](O)[C@@H](O)[C@@H](O[C@H]5[C@H](O)[C@@H](O)[C@@H](O[C@H]6[C@H](O)[C@@H](O)[C@@H](O[C@H]7[C@H](O)[C@@H](O)[C@@H](O[C@H]8[C@H](O)[C@@H](O)[C@@H](O[C@H]9[C@H](O)[C@@H](O)[C@@H](O[C@H]1[C@H](O)[C@H]2O)O[C@@H]9CSCCC(=O)[O-])O[C@@H]8CSCCC(=O)[O-])O[C@@H]7CSCCC(=O)[O-])O[C@@H]6CSCCC(=O)[O-])O[C@@H]5CSCCC(=O)[O-])O[C@@H]4CSCCC(=O)[O-])O[C@@H]3CSCCC(=O)[O-]. The zero-order chi connectivity index (χ0) is 93.7. The second kappa shape index (κ2) is 52.7. The van der Waals surface area contributed by atoms with Gasteiger partial charge in [-0.2, -0.15) is 94.1 Å². The molecule has 0 aromatic rings. The molecule has 30 heterocycles. The zero-order valence-corrected chi connectivity index (χ0v) is 74.1. The molecule has 128 heavy (non-hydrogen) atoms. The normalized spacial score (nSPS) is 41.5. The standard InChI is InChI=1S/C72H112O48S8/c73-33(74)1-9-121-17-25-57-41(89)49(97)65(105-25)114-58-26(18-122-10-2-34(75)76)107-67(51(99)43(58)91)116-60-28(20-124-12-4-36(79)80)109-69(53(101)45(60)93)118-62-30(22-126-14-6-38(83)84)111-71(55(103)47(62)95)120-64-32(24-128-16-8-40(87)88)112-72(56(104)48(64)96)119-63-31(23-127-15-7-39(85)86)110-70(54(102)46(63)94)117-61-29(21-125-13-5-37(81)82)108-68(52(100)44(61)92)115-59-27(19-123-11-3-35(77)78)106-66(113-57)50(98)42(59)90/h25-32,41-72,89-104H,1-24H2,(H,73,74)(H,75,76)(H,77,78)(H,79,80)(H,81,82)(H,83,84)(H,85,86)(H,87,88)/p-8/t25-,26-,27-,28-,29-,30-,31-,32-,41-,42-,43-,44-,45-,46-,47-,48-,49-,50-,51-,52-,53-,54-,55-,56-,57-,58-,59-,60-,61-,62-,63-,64-,65-,66-,67-,68-,69-,70-,71-,72-/m1/s1. The van der Waals surface area contributed by atoms with Crippen LogP contribution in [0.25, 0.3) is 0 Å². The first-order chi connectivity index (χ1) is 60.7. The van der Waals surface area contributed by atoms with Crippen molar-refractivity contribution in [2.75, 3.05) is 92.0 Å². The van der Waals surface area contributed by atoms with Crippen LogP contribution in [-0.4, -0.2) is 467 Å². The molecular weight excluding hydrogens is 1890 g/mol. The predicted molar refractivity (Wildman–Crippen MR) is 420 cm³/mol. The van der Waals surface area contributed by atoms with Crippen molar-refractivity contribution in [2.45, 2.75) is 297 Å². The summed E-state index contributed by atoms with van der Waals surface area (Å²) in [5.41, 5.74) is 0. The van der Waals surface area contributed by atoms with Gasteiger partial charge in [0, 0.05) is 93.8 Å². The summed E-state index contributed by atoms with van der Waals surface area (Å²) in [6.07, 6.45) is -88.6. The fraction of sp³-hybridized carbons (Fsp3) is 0.889. The van der Waals surface area contributed by atoms with Gasteiger partial charge >= 0.3 is 0 Å². The first-order valence-corrected chi connectivity index (χ1v) is 49.6. The number of aliphatic hydroxyl groups is 16. The second-order valence-corrected chi connectivity index (χ2v) is 39.8. The molecule has 0 unspecified atom stereocenters. The highest BCUT2D eigenvalue weighted by molar-refractivity contribution is 8.00. The third kappa shape index (κ3) is 30.6. The summed E-state index contributed by atoms with van der Waals surface area (Å²) < 4.78 is 99.6. The molecule has 0 spiro atoms. The number of carboxylic acids is 8. The number of aliphatic carboxylic acids is 8. The number of carbonyl (C=O) groups excluding carboxylic acids is 8. The van der Waals surface area contributed by atoms with E-state index in [1.54, 1.807) is 0 Å². The Morgan fingerprint density at radius 2 is 0.258 bits per heavy atom. The van der Waals surface area contributed by atoms with Crippen LogP contribution in [0, 0.1) is 0 Å². The Morgan fingerprint density at radius 1 is 0.164 bits per heavy atom. The Labute approximate surface area is 763 Å². The summed E-state index contributed by atoms with van der Waals surface area (Å²) in [6, 6.07) is 0. The highest BCUT2D eigenvalue weighted by Gasteiger charge is 2.61. The van der Waals surface area contributed by atoms with Gasteiger partial charge in [0.15, 0.2) is 50.3 Å². The number of ether oxygens (including phenoxy) is 16. The highest BCUT2D eigenvalue weighted by Crippen LogP contribution is 2.43. The van der Waals surface area contributed by atoms with Crippen molar-refractivity contribution < 1.29 is 237 Å². The highest BCUT2D eigenvalue weighted by atomic mass is 32.2. The first kappa shape index (κ1) is 109. The lowest BCUT2D eigenvalue weighted by atomic mass is 9.95. The molecule has 30 aliphatic rings. The summed E-state index contributed by atoms with van der Waals surface area (Å²) in [5.74, 6) is -17.6. The number of carboxylic acid groups (broad SMARTS) is 8. The molecule has 0 amide bonds. The van der Waals surface area contributed by atoms with Gasteiger partial charge in [-0.15, -0.1) is 0 Å². The average Bonchev–Trinajstić information content (AvgIpc) is 0.766. The molecule has 0 saturated carbocycles. The van der Waals surface area contributed by atoms with Gasteiger partial charge in [-0.3, -0.25) is 0 Å². The predicted octanol–water partition coefficient (Wildman–Crippen LogP) is -18.4. The van der Waals surface area contributed by atoms with Crippen LogP contribution in [0.2, 0.25) is 0 Å². The summed E-state index contributed by atoms with van der Waals surface area (Å²) in [7, 11) is 0. The van der Waals surface area contributed by atoms with E-state index in [0.29, 0.717) is 0 Å². The summed E-state index contributed by atoms with van der Waals surface area (Å²) in [5, 5.41) is 288. The minimum Gasteiger partial charge on any atom is -0.550 e. The van der Waals surface area contributed by atoms with Crippen LogP contribution >= 0.6 is 94.1 Å². The minimum atomic E-state index is -2.36. The maximum atomic E-state index is 12.2. The maximum absolute atomic E-state index is 12.2. The van der Waals surface area contributed by atoms with E-state index < -0.39 is 391 Å². The van der Waals surface area contributed by atoms with Crippen LogP contribution in [0.5, 0.6) is 0 Å². The lowest BCUT2D eigenvalue weighted by Crippen LogP contribution is -2.69. The third-order valence-electron chi connectivity index (χ3n) is 21.3. The van der Waals surface area contributed by atoms with Gasteiger partial charge < -0.3 is 237 Å². The van der Waals surface area contributed by atoms with E-state index in [1.165, 1.54) is 0 Å². The van der Waals surface area contributed by atoms with E-state index in [1.807, 2.05) is 0 Å². The van der Waals surface area contributed by atoms with Crippen molar-refractivity contribution in [1.82, 2.24) is 0 Å². The summed E-state index contributed by atoms with van der Waals surface area (Å²) >= 11 is 6.55. The third-order valence-corrected chi connectivity index (χ3v) is 29.8. The summed E-state index contributed by atoms with van der Waals surface area (Å²) in [6.45, 7) is 0. The smallest absolute Gasteiger partial charge is 0.187 e. The van der Waals surface area contributed by atoms with Crippen LogP contribution in [0.15, 0.2) is 0 Å².